The molecule has 0 bridgehead atoms. The molecule has 0 saturated heterocycles. The number of nitrogens with two attached hydrogens (primary N) is 1. The zero-order chi connectivity index (χ0) is 17.4. The number of hydrogen-bond donors (Lipinski definition) is 2. The quantitative estimate of drug-likeness (QED) is 0.478. The van der Waals surface area contributed by atoms with Crippen LogP contribution in [0.2, 0.25) is 0 Å². The van der Waals surface area contributed by atoms with E-state index < -0.39 is 0 Å². The third kappa shape index (κ3) is 5.67. The Labute approximate surface area is 140 Å². The second kappa shape index (κ2) is 9.30. The molecule has 3 N–H and O–H groups in total. The summed E-state index contributed by atoms with van der Waals surface area (Å²) >= 11 is 0. The van der Waals surface area contributed by atoms with E-state index in [1.165, 1.54) is 0 Å². The molecule has 1 unspecified atom stereocenters. The molecule has 0 aromatic rings. The van der Waals surface area contributed by atoms with Crippen LogP contribution in [0.25, 0.3) is 0 Å². The van der Waals surface area contributed by atoms with Gasteiger partial charge in [0, 0.05) is 38.2 Å². The van der Waals surface area contributed by atoms with Gasteiger partial charge in [0.1, 0.15) is 12.4 Å². The van der Waals surface area contributed by atoms with E-state index in [1.54, 1.807) is 7.11 Å². The molecule has 5 heteroatoms. The van der Waals surface area contributed by atoms with E-state index >= 15 is 0 Å². The van der Waals surface area contributed by atoms with Gasteiger partial charge in [-0.1, -0.05) is 20.1 Å². The van der Waals surface area contributed by atoms with Crippen molar-refractivity contribution in [1.82, 2.24) is 10.2 Å². The van der Waals surface area contributed by atoms with Gasteiger partial charge in [0.05, 0.1) is 24.6 Å². The normalized spacial score (nSPS) is 17.8. The number of allylic oxidation sites excluding steroid dienone is 1. The fraction of sp³-hybridized carbons (Fsp3) is 0.556. The van der Waals surface area contributed by atoms with Crippen LogP contribution in [0.4, 0.5) is 0 Å². The molecule has 0 saturated carbocycles. The molecule has 1 aliphatic carbocycles. The van der Waals surface area contributed by atoms with Crippen LogP contribution in [-0.4, -0.2) is 44.8 Å². The lowest BCUT2D eigenvalue weighted by Crippen LogP contribution is -2.41. The predicted molar refractivity (Wildman–Crippen MR) is 95.5 cm³/mol. The first-order valence-electron chi connectivity index (χ1n) is 8.03. The average molecular weight is 321 g/mol. The maximum atomic E-state index is 6.05. The second-order valence-corrected chi connectivity index (χ2v) is 5.82. The number of nitrogens with one attached hydrogen (secondary N) is 1. The molecule has 23 heavy (non-hydrogen) atoms. The first kappa shape index (κ1) is 19.2. The summed E-state index contributed by atoms with van der Waals surface area (Å²) in [6.45, 7) is 14.2. The third-order valence-corrected chi connectivity index (χ3v) is 3.96. The van der Waals surface area contributed by atoms with Crippen molar-refractivity contribution in [1.29, 1.82) is 0 Å². The second-order valence-electron chi connectivity index (χ2n) is 5.82. The number of rotatable bonds is 10. The van der Waals surface area contributed by atoms with Crippen LogP contribution in [0, 0.1) is 0 Å². The van der Waals surface area contributed by atoms with Crippen molar-refractivity contribution in [3.05, 3.63) is 47.7 Å². The Morgan fingerprint density at radius 2 is 2.17 bits per heavy atom. The van der Waals surface area contributed by atoms with E-state index in [0.717, 1.165) is 54.4 Å². The summed E-state index contributed by atoms with van der Waals surface area (Å²) in [5.41, 5.74) is 8.83. The molecule has 0 amide bonds. The summed E-state index contributed by atoms with van der Waals surface area (Å²) in [7, 11) is 3.59. The summed E-state index contributed by atoms with van der Waals surface area (Å²) in [5, 5.41) is 3.18. The number of nitrogens with zero attached hydrogens (tertiary/aromatic N) is 1. The van der Waals surface area contributed by atoms with Gasteiger partial charge in [0.2, 0.25) is 0 Å². The summed E-state index contributed by atoms with van der Waals surface area (Å²) < 4.78 is 11.1. The lowest BCUT2D eigenvalue weighted by Gasteiger charge is -2.35. The minimum absolute atomic E-state index is 0.175. The van der Waals surface area contributed by atoms with Crippen molar-refractivity contribution < 1.29 is 9.47 Å². The Morgan fingerprint density at radius 3 is 2.70 bits per heavy atom. The van der Waals surface area contributed by atoms with E-state index in [-0.39, 0.29) is 6.04 Å². The minimum Gasteiger partial charge on any atom is -0.499 e. The number of methoxy groups -OCH3 is 1. The van der Waals surface area contributed by atoms with E-state index in [2.05, 4.69) is 30.3 Å². The van der Waals surface area contributed by atoms with Crippen molar-refractivity contribution in [3.8, 4) is 0 Å². The molecule has 1 aliphatic rings. The highest BCUT2D eigenvalue weighted by Crippen LogP contribution is 2.26. The fourth-order valence-electron chi connectivity index (χ4n) is 2.60. The highest BCUT2D eigenvalue weighted by atomic mass is 16.5. The van der Waals surface area contributed by atoms with Crippen molar-refractivity contribution in [2.24, 2.45) is 5.73 Å². The van der Waals surface area contributed by atoms with Gasteiger partial charge in [0.25, 0.3) is 0 Å². The first-order valence-corrected chi connectivity index (χ1v) is 8.03. The summed E-state index contributed by atoms with van der Waals surface area (Å²) in [6.07, 6.45) is 3.51. The summed E-state index contributed by atoms with van der Waals surface area (Å²) in [6, 6.07) is 0.175. The van der Waals surface area contributed by atoms with Crippen LogP contribution < -0.4 is 11.1 Å². The SMILES string of the molecule is C=C(C)COC(=C)CCN(CC)C1CC(NC)=C(N)C=C1OC. The zero-order valence-corrected chi connectivity index (χ0v) is 14.9. The van der Waals surface area contributed by atoms with Crippen molar-refractivity contribution in [2.45, 2.75) is 32.7 Å². The van der Waals surface area contributed by atoms with Gasteiger partial charge in [-0.3, -0.25) is 4.90 Å². The minimum atomic E-state index is 0.175. The molecule has 0 aliphatic heterocycles. The maximum absolute atomic E-state index is 6.05. The number of hydrogen-bond acceptors (Lipinski definition) is 5. The smallest absolute Gasteiger partial charge is 0.115 e. The van der Waals surface area contributed by atoms with Gasteiger partial charge >= 0.3 is 0 Å². The molecule has 0 heterocycles. The lowest BCUT2D eigenvalue weighted by molar-refractivity contribution is 0.142. The van der Waals surface area contributed by atoms with E-state index in [9.17, 15) is 0 Å². The Kier molecular flexibility index (Phi) is 7.75. The van der Waals surface area contributed by atoms with Crippen molar-refractivity contribution in [3.63, 3.8) is 0 Å². The molecule has 0 aromatic heterocycles. The molecule has 0 fully saturated rings. The standard InChI is InChI=1S/C18H31N3O2/c1-7-21(9-8-14(4)23-12-13(2)3)17-11-16(20-5)15(19)10-18(17)22-6/h10,17,20H,2,4,7-9,11-12,19H2,1,3,5-6H3. The largest absolute Gasteiger partial charge is 0.499 e. The third-order valence-electron chi connectivity index (χ3n) is 3.96. The van der Waals surface area contributed by atoms with Gasteiger partial charge in [-0.05, 0) is 19.0 Å². The molecule has 0 radical (unpaired) electrons. The monoisotopic (exact) mass is 321 g/mol. The Balaban J connectivity index is 2.68. The van der Waals surface area contributed by atoms with Gasteiger partial charge in [0.15, 0.2) is 0 Å². The van der Waals surface area contributed by atoms with E-state index in [0.29, 0.717) is 6.61 Å². The summed E-state index contributed by atoms with van der Waals surface area (Å²) in [5.74, 6) is 1.69. The molecule has 130 valence electrons. The average Bonchev–Trinajstić information content (AvgIpc) is 2.53. The topological polar surface area (TPSA) is 59.8 Å². The van der Waals surface area contributed by atoms with Crippen molar-refractivity contribution in [2.75, 3.05) is 33.9 Å². The van der Waals surface area contributed by atoms with Crippen LogP contribution in [0.3, 0.4) is 0 Å². The van der Waals surface area contributed by atoms with Crippen LogP contribution in [-0.2, 0) is 9.47 Å². The molecule has 1 rings (SSSR count). The first-order chi connectivity index (χ1) is 10.9. The fourth-order valence-corrected chi connectivity index (χ4v) is 2.60. The molecule has 0 aromatic carbocycles. The van der Waals surface area contributed by atoms with Crippen molar-refractivity contribution >= 4 is 0 Å². The van der Waals surface area contributed by atoms with Crippen LogP contribution in [0.5, 0.6) is 0 Å². The van der Waals surface area contributed by atoms with Gasteiger partial charge in [-0.25, -0.2) is 0 Å². The van der Waals surface area contributed by atoms with Gasteiger partial charge in [-0.2, -0.15) is 0 Å². The van der Waals surface area contributed by atoms with Gasteiger partial charge in [-0.15, -0.1) is 0 Å². The number of likely N-dealkylation sites (N-methyl/N-ethyl adjacent to an activating group) is 1. The molecular formula is C18H31N3O2. The van der Waals surface area contributed by atoms with Crippen LogP contribution in [0.15, 0.2) is 47.7 Å². The number of ether oxygens (including phenoxy) is 2. The lowest BCUT2D eigenvalue weighted by atomic mass is 9.99. The van der Waals surface area contributed by atoms with E-state index in [4.69, 9.17) is 15.2 Å². The van der Waals surface area contributed by atoms with E-state index in [1.807, 2.05) is 20.0 Å². The van der Waals surface area contributed by atoms with Gasteiger partial charge < -0.3 is 20.5 Å². The summed E-state index contributed by atoms with van der Waals surface area (Å²) in [4.78, 5) is 2.36. The molecule has 5 nitrogen and oxygen atoms in total. The zero-order valence-electron chi connectivity index (χ0n) is 14.9. The predicted octanol–water partition coefficient (Wildman–Crippen LogP) is 2.50. The highest BCUT2D eigenvalue weighted by molar-refractivity contribution is 5.32. The maximum Gasteiger partial charge on any atom is 0.115 e. The van der Waals surface area contributed by atoms with Crippen LogP contribution in [0.1, 0.15) is 26.7 Å². The molecule has 1 atom stereocenters. The highest BCUT2D eigenvalue weighted by Gasteiger charge is 2.27. The Morgan fingerprint density at radius 1 is 1.48 bits per heavy atom. The molecular weight excluding hydrogens is 290 g/mol. The molecule has 0 spiro atoms. The Bertz CT molecular complexity index is 494. The van der Waals surface area contributed by atoms with Crippen LogP contribution >= 0.6 is 0 Å². The Hall–Kier alpha value is -1.88.